The fraction of sp³-hybridized carbons (Fsp3) is 0.571. The van der Waals surface area contributed by atoms with Crippen molar-refractivity contribution < 1.29 is 0 Å². The Bertz CT molecular complexity index is 138. The standard InChI is InChI=1S/C7H11BN/c1-2-3-4-7-5-6-8-9-7/h5-6H,2-4H2,1H3. The number of hydrogen-bond donors (Lipinski definition) is 0. The van der Waals surface area contributed by atoms with Gasteiger partial charge in [0.25, 0.3) is 0 Å². The van der Waals surface area contributed by atoms with Crippen LogP contribution < -0.4 is 0 Å². The fourth-order valence-electron chi connectivity index (χ4n) is 0.842. The van der Waals surface area contributed by atoms with Gasteiger partial charge in [0.1, 0.15) is 0 Å². The largest absolute Gasteiger partial charge is 0.347 e. The summed E-state index contributed by atoms with van der Waals surface area (Å²) in [5.74, 6) is 1.99. The maximum absolute atomic E-state index is 4.15. The Morgan fingerprint density at radius 2 is 2.56 bits per heavy atom. The molecule has 0 aromatic rings. The molecule has 0 saturated carbocycles. The zero-order chi connectivity index (χ0) is 6.53. The van der Waals surface area contributed by atoms with Gasteiger partial charge in [0.2, 0.25) is 0 Å². The number of unbranched alkanes of at least 4 members (excludes halogenated alkanes) is 1. The van der Waals surface area contributed by atoms with Crippen molar-refractivity contribution in [1.29, 1.82) is 0 Å². The van der Waals surface area contributed by atoms with E-state index in [-0.39, 0.29) is 0 Å². The maximum Gasteiger partial charge on any atom is 0.304 e. The lowest BCUT2D eigenvalue weighted by Gasteiger charge is -1.93. The van der Waals surface area contributed by atoms with Crippen LogP contribution in [0.15, 0.2) is 17.0 Å². The Balaban J connectivity index is 2.19. The van der Waals surface area contributed by atoms with Crippen LogP contribution in [0.25, 0.3) is 0 Å². The summed E-state index contributed by atoms with van der Waals surface area (Å²) in [5.41, 5.74) is 1.23. The molecule has 0 saturated heterocycles. The summed E-state index contributed by atoms with van der Waals surface area (Å²) >= 11 is 0. The van der Waals surface area contributed by atoms with Crippen molar-refractivity contribution in [2.75, 3.05) is 0 Å². The molecule has 1 heterocycles. The van der Waals surface area contributed by atoms with Gasteiger partial charge in [-0.2, -0.15) is 0 Å². The van der Waals surface area contributed by atoms with Crippen LogP contribution in [-0.2, 0) is 0 Å². The van der Waals surface area contributed by atoms with E-state index in [0.717, 1.165) is 6.42 Å². The molecule has 1 nitrogen and oxygen atoms in total. The zero-order valence-corrected chi connectivity index (χ0v) is 5.80. The molecule has 0 atom stereocenters. The van der Waals surface area contributed by atoms with Crippen LogP contribution in [0, 0.1) is 0 Å². The van der Waals surface area contributed by atoms with Gasteiger partial charge in [0, 0.05) is 5.71 Å². The number of nitrogens with zero attached hydrogens (tertiary/aromatic N) is 1. The van der Waals surface area contributed by atoms with Crippen molar-refractivity contribution in [3.63, 3.8) is 0 Å². The van der Waals surface area contributed by atoms with Gasteiger partial charge in [-0.15, -0.1) is 0 Å². The Hall–Kier alpha value is -0.525. The van der Waals surface area contributed by atoms with E-state index in [1.807, 2.05) is 13.4 Å². The summed E-state index contributed by atoms with van der Waals surface area (Å²) in [7, 11) is 1.85. The second-order valence-corrected chi connectivity index (χ2v) is 2.23. The van der Waals surface area contributed by atoms with Crippen LogP contribution in [0.5, 0.6) is 0 Å². The first-order chi connectivity index (χ1) is 4.43. The second-order valence-electron chi connectivity index (χ2n) is 2.23. The van der Waals surface area contributed by atoms with Crippen molar-refractivity contribution in [2.45, 2.75) is 26.2 Å². The van der Waals surface area contributed by atoms with Crippen LogP contribution in [0.3, 0.4) is 0 Å². The third-order valence-corrected chi connectivity index (χ3v) is 1.40. The summed E-state index contributed by atoms with van der Waals surface area (Å²) in [6.45, 7) is 2.20. The molecule has 0 unspecified atom stereocenters. The summed E-state index contributed by atoms with van der Waals surface area (Å²) in [6.07, 6.45) is 5.74. The Morgan fingerprint density at radius 1 is 1.67 bits per heavy atom. The zero-order valence-electron chi connectivity index (χ0n) is 5.80. The first-order valence-electron chi connectivity index (χ1n) is 3.50. The molecule has 0 bridgehead atoms. The molecule has 1 radical (unpaired) electrons. The molecule has 1 aliphatic heterocycles. The Morgan fingerprint density at radius 3 is 3.11 bits per heavy atom. The van der Waals surface area contributed by atoms with E-state index in [1.54, 1.807) is 0 Å². The fourth-order valence-corrected chi connectivity index (χ4v) is 0.842. The second kappa shape index (κ2) is 3.49. The number of rotatable bonds is 3. The minimum Gasteiger partial charge on any atom is -0.347 e. The highest BCUT2D eigenvalue weighted by molar-refractivity contribution is 6.46. The van der Waals surface area contributed by atoms with Crippen molar-refractivity contribution >= 4 is 13.1 Å². The predicted molar refractivity (Wildman–Crippen MR) is 41.9 cm³/mol. The average molecular weight is 120 g/mol. The molecule has 47 valence electrons. The van der Waals surface area contributed by atoms with Crippen LogP contribution >= 0.6 is 0 Å². The third kappa shape index (κ3) is 2.04. The monoisotopic (exact) mass is 120 g/mol. The molecular formula is C7H11BN. The Labute approximate surface area is 57.1 Å². The average Bonchev–Trinajstić information content (AvgIpc) is 2.34. The van der Waals surface area contributed by atoms with Gasteiger partial charge in [-0.25, -0.2) is 0 Å². The maximum atomic E-state index is 4.15. The van der Waals surface area contributed by atoms with Crippen LogP contribution in [0.2, 0.25) is 0 Å². The molecule has 9 heavy (non-hydrogen) atoms. The van der Waals surface area contributed by atoms with Gasteiger partial charge in [-0.1, -0.05) is 25.4 Å². The summed E-state index contributed by atoms with van der Waals surface area (Å²) < 4.78 is 0. The van der Waals surface area contributed by atoms with Crippen LogP contribution in [0.4, 0.5) is 0 Å². The van der Waals surface area contributed by atoms with Crippen LogP contribution in [0.1, 0.15) is 26.2 Å². The highest BCUT2D eigenvalue weighted by atomic mass is 14.6. The molecule has 0 aromatic heterocycles. The SMILES string of the molecule is CCCCC1=N[B]C=C1. The number of allylic oxidation sites excluding steroid dienone is 1. The smallest absolute Gasteiger partial charge is 0.304 e. The normalized spacial score (nSPS) is 15.4. The topological polar surface area (TPSA) is 12.4 Å². The third-order valence-electron chi connectivity index (χ3n) is 1.40. The van der Waals surface area contributed by atoms with Crippen molar-refractivity contribution in [1.82, 2.24) is 0 Å². The predicted octanol–water partition coefficient (Wildman–Crippen LogP) is 1.76. The first kappa shape index (κ1) is 6.59. The summed E-state index contributed by atoms with van der Waals surface area (Å²) in [4.78, 5) is 4.15. The van der Waals surface area contributed by atoms with Crippen molar-refractivity contribution in [2.24, 2.45) is 4.90 Å². The quantitative estimate of drug-likeness (QED) is 0.503. The molecule has 0 fully saturated rings. The molecule has 2 heteroatoms. The molecule has 1 rings (SSSR count). The van der Waals surface area contributed by atoms with E-state index in [1.165, 1.54) is 18.6 Å². The van der Waals surface area contributed by atoms with E-state index in [9.17, 15) is 0 Å². The molecular weight excluding hydrogens is 109 g/mol. The van der Waals surface area contributed by atoms with E-state index >= 15 is 0 Å². The molecule has 0 aromatic carbocycles. The van der Waals surface area contributed by atoms with Crippen molar-refractivity contribution in [3.05, 3.63) is 12.1 Å². The molecule has 0 amide bonds. The lowest BCUT2D eigenvalue weighted by molar-refractivity contribution is 0.838. The van der Waals surface area contributed by atoms with Gasteiger partial charge < -0.3 is 4.90 Å². The molecule has 0 aliphatic carbocycles. The van der Waals surface area contributed by atoms with Crippen LogP contribution in [-0.4, -0.2) is 13.1 Å². The Kier molecular flexibility index (Phi) is 2.56. The van der Waals surface area contributed by atoms with Gasteiger partial charge in [-0.3, -0.25) is 0 Å². The minimum atomic E-state index is 1.14. The van der Waals surface area contributed by atoms with E-state index in [4.69, 9.17) is 0 Å². The summed E-state index contributed by atoms with van der Waals surface area (Å²) in [5, 5.41) is 0. The lowest BCUT2D eigenvalue weighted by Crippen LogP contribution is -1.89. The number of hydrogen-bond acceptors (Lipinski definition) is 1. The summed E-state index contributed by atoms with van der Waals surface area (Å²) in [6, 6.07) is 0. The van der Waals surface area contributed by atoms with Gasteiger partial charge >= 0.3 is 7.41 Å². The van der Waals surface area contributed by atoms with E-state index in [0.29, 0.717) is 0 Å². The van der Waals surface area contributed by atoms with Crippen molar-refractivity contribution in [3.8, 4) is 0 Å². The molecule has 1 aliphatic rings. The van der Waals surface area contributed by atoms with E-state index < -0.39 is 0 Å². The minimum absolute atomic E-state index is 1.14. The molecule has 0 N–H and O–H groups in total. The molecule has 0 spiro atoms. The highest BCUT2D eigenvalue weighted by Crippen LogP contribution is 2.01. The van der Waals surface area contributed by atoms with Gasteiger partial charge in [0.15, 0.2) is 0 Å². The highest BCUT2D eigenvalue weighted by Gasteiger charge is 1.97. The van der Waals surface area contributed by atoms with E-state index in [2.05, 4.69) is 17.9 Å². The first-order valence-corrected chi connectivity index (χ1v) is 3.50. The van der Waals surface area contributed by atoms with Gasteiger partial charge in [-0.05, 0) is 12.8 Å². The van der Waals surface area contributed by atoms with Gasteiger partial charge in [0.05, 0.1) is 0 Å². The lowest BCUT2D eigenvalue weighted by atomic mass is 10.00.